The third-order valence-electron chi connectivity index (χ3n) is 3.31. The molecule has 0 saturated carbocycles. The van der Waals surface area contributed by atoms with Crippen molar-refractivity contribution in [3.63, 3.8) is 0 Å². The summed E-state index contributed by atoms with van der Waals surface area (Å²) in [6, 6.07) is 6.32. The SMILES string of the molecule is CCCc1sc(C(=O)/C=C/c2ccc(OC(F)F)c(OC)c2)cc1Br. The molecular weight excluding hydrogens is 414 g/mol. The number of carbonyl (C=O) groups excluding carboxylic acids is 1. The fourth-order valence-corrected chi connectivity index (χ4v) is 4.06. The first-order valence-corrected chi connectivity index (χ1v) is 9.19. The highest BCUT2D eigenvalue weighted by Gasteiger charge is 2.12. The zero-order valence-corrected chi connectivity index (χ0v) is 16.1. The maximum absolute atomic E-state index is 12.3. The molecule has 0 amide bonds. The van der Waals surface area contributed by atoms with E-state index in [9.17, 15) is 13.6 Å². The van der Waals surface area contributed by atoms with Crippen LogP contribution in [0.5, 0.6) is 11.5 Å². The number of aryl methyl sites for hydroxylation is 1. The Morgan fingerprint density at radius 3 is 2.72 bits per heavy atom. The van der Waals surface area contributed by atoms with Gasteiger partial charge in [0.15, 0.2) is 17.3 Å². The van der Waals surface area contributed by atoms with E-state index in [1.165, 1.54) is 36.7 Å². The summed E-state index contributed by atoms with van der Waals surface area (Å²) in [5, 5.41) is 0. The van der Waals surface area contributed by atoms with Crippen LogP contribution in [-0.2, 0) is 6.42 Å². The van der Waals surface area contributed by atoms with E-state index < -0.39 is 6.61 Å². The minimum absolute atomic E-state index is 0.0487. The number of ether oxygens (including phenoxy) is 2. The Labute approximate surface area is 157 Å². The van der Waals surface area contributed by atoms with Gasteiger partial charge in [0, 0.05) is 9.35 Å². The number of alkyl halides is 2. The minimum Gasteiger partial charge on any atom is -0.493 e. The number of halogens is 3. The summed E-state index contributed by atoms with van der Waals surface area (Å²) in [4.78, 5) is 14.1. The molecule has 2 aromatic rings. The largest absolute Gasteiger partial charge is 0.493 e. The highest BCUT2D eigenvalue weighted by molar-refractivity contribution is 9.10. The summed E-state index contributed by atoms with van der Waals surface area (Å²) in [5.74, 6) is 0.0197. The van der Waals surface area contributed by atoms with Crippen molar-refractivity contribution in [2.45, 2.75) is 26.4 Å². The van der Waals surface area contributed by atoms with Crippen molar-refractivity contribution < 1.29 is 23.0 Å². The smallest absolute Gasteiger partial charge is 0.387 e. The topological polar surface area (TPSA) is 35.5 Å². The van der Waals surface area contributed by atoms with Gasteiger partial charge in [0.05, 0.1) is 12.0 Å². The monoisotopic (exact) mass is 430 g/mol. The van der Waals surface area contributed by atoms with Crippen LogP contribution in [0.25, 0.3) is 6.08 Å². The van der Waals surface area contributed by atoms with Crippen molar-refractivity contribution in [3.05, 3.63) is 50.1 Å². The van der Waals surface area contributed by atoms with Crippen LogP contribution in [0.1, 0.15) is 33.5 Å². The van der Waals surface area contributed by atoms with E-state index in [0.717, 1.165) is 22.2 Å². The Bertz CT molecular complexity index is 772. The average Bonchev–Trinajstić information content (AvgIpc) is 2.94. The second kappa shape index (κ2) is 9.10. The van der Waals surface area contributed by atoms with E-state index in [0.29, 0.717) is 10.4 Å². The Kier molecular flexibility index (Phi) is 7.13. The van der Waals surface area contributed by atoms with E-state index in [-0.39, 0.29) is 17.3 Å². The molecule has 0 bridgehead atoms. The van der Waals surface area contributed by atoms with E-state index >= 15 is 0 Å². The van der Waals surface area contributed by atoms with Gasteiger partial charge in [-0.05, 0) is 52.2 Å². The lowest BCUT2D eigenvalue weighted by molar-refractivity contribution is -0.0512. The number of carbonyl (C=O) groups is 1. The molecule has 0 atom stereocenters. The van der Waals surface area contributed by atoms with Crippen molar-refractivity contribution in [2.75, 3.05) is 7.11 Å². The van der Waals surface area contributed by atoms with Crippen LogP contribution in [0, 0.1) is 0 Å². The Balaban J connectivity index is 2.15. The molecule has 0 N–H and O–H groups in total. The first-order chi connectivity index (χ1) is 11.9. The van der Waals surface area contributed by atoms with Crippen molar-refractivity contribution in [2.24, 2.45) is 0 Å². The first-order valence-electron chi connectivity index (χ1n) is 7.58. The van der Waals surface area contributed by atoms with Gasteiger partial charge in [-0.1, -0.05) is 25.5 Å². The minimum atomic E-state index is -2.92. The van der Waals surface area contributed by atoms with Crippen LogP contribution in [0.3, 0.4) is 0 Å². The Hall–Kier alpha value is -1.73. The van der Waals surface area contributed by atoms with Gasteiger partial charge in [0.25, 0.3) is 0 Å². The number of ketones is 1. The molecule has 7 heteroatoms. The number of thiophene rings is 1. The highest BCUT2D eigenvalue weighted by Crippen LogP contribution is 2.31. The standard InChI is InChI=1S/C18H17BrF2O3S/c1-3-4-16-12(19)10-17(25-16)13(22)7-5-11-6-8-14(24-18(20)21)15(9-11)23-2/h5-10,18H,3-4H2,1-2H3/b7-5+. The first kappa shape index (κ1) is 19.6. The van der Waals surface area contributed by atoms with Gasteiger partial charge in [-0.3, -0.25) is 4.79 Å². The molecule has 0 aliphatic carbocycles. The van der Waals surface area contributed by atoms with Crippen molar-refractivity contribution in [1.29, 1.82) is 0 Å². The van der Waals surface area contributed by atoms with E-state index in [4.69, 9.17) is 4.74 Å². The zero-order valence-electron chi connectivity index (χ0n) is 13.7. The predicted octanol–water partition coefficient (Wildman–Crippen LogP) is 5.97. The molecule has 0 unspecified atom stereocenters. The lowest BCUT2D eigenvalue weighted by Crippen LogP contribution is -2.03. The van der Waals surface area contributed by atoms with Crippen LogP contribution in [0.4, 0.5) is 8.78 Å². The molecule has 134 valence electrons. The second-order valence-electron chi connectivity index (χ2n) is 5.12. The summed E-state index contributed by atoms with van der Waals surface area (Å²) < 4.78 is 35.0. The predicted molar refractivity (Wildman–Crippen MR) is 99.0 cm³/mol. The Morgan fingerprint density at radius 1 is 1.32 bits per heavy atom. The summed E-state index contributed by atoms with van der Waals surface area (Å²) in [6.07, 6.45) is 5.00. The Morgan fingerprint density at radius 2 is 2.08 bits per heavy atom. The number of methoxy groups -OCH3 is 1. The van der Waals surface area contributed by atoms with Crippen molar-refractivity contribution >= 4 is 39.1 Å². The molecule has 1 heterocycles. The third kappa shape index (κ3) is 5.37. The number of benzene rings is 1. The molecule has 1 aromatic carbocycles. The van der Waals surface area contributed by atoms with Gasteiger partial charge in [0.1, 0.15) is 0 Å². The quantitative estimate of drug-likeness (QED) is 0.382. The second-order valence-corrected chi connectivity index (χ2v) is 7.11. The molecule has 3 nitrogen and oxygen atoms in total. The van der Waals surface area contributed by atoms with Gasteiger partial charge in [-0.2, -0.15) is 8.78 Å². The highest BCUT2D eigenvalue weighted by atomic mass is 79.9. The van der Waals surface area contributed by atoms with Crippen LogP contribution >= 0.6 is 27.3 Å². The molecule has 0 fully saturated rings. The molecule has 0 radical (unpaired) electrons. The van der Waals surface area contributed by atoms with E-state index in [2.05, 4.69) is 27.6 Å². The summed E-state index contributed by atoms with van der Waals surface area (Å²) in [5.41, 5.74) is 0.649. The van der Waals surface area contributed by atoms with Crippen molar-refractivity contribution in [3.8, 4) is 11.5 Å². The van der Waals surface area contributed by atoms with Gasteiger partial charge < -0.3 is 9.47 Å². The van der Waals surface area contributed by atoms with Gasteiger partial charge in [-0.25, -0.2) is 0 Å². The van der Waals surface area contributed by atoms with Crippen LogP contribution < -0.4 is 9.47 Å². The number of hydrogen-bond acceptors (Lipinski definition) is 4. The molecule has 0 saturated heterocycles. The van der Waals surface area contributed by atoms with E-state index in [1.54, 1.807) is 12.1 Å². The average molecular weight is 431 g/mol. The third-order valence-corrected chi connectivity index (χ3v) is 5.49. The van der Waals surface area contributed by atoms with Crippen LogP contribution in [-0.4, -0.2) is 19.5 Å². The van der Waals surface area contributed by atoms with Gasteiger partial charge >= 0.3 is 6.61 Å². The fourth-order valence-electron chi connectivity index (χ4n) is 2.16. The fraction of sp³-hybridized carbons (Fsp3) is 0.278. The van der Waals surface area contributed by atoms with Gasteiger partial charge in [-0.15, -0.1) is 11.3 Å². The zero-order chi connectivity index (χ0) is 18.4. The lowest BCUT2D eigenvalue weighted by atomic mass is 10.1. The molecule has 1 aromatic heterocycles. The summed E-state index contributed by atoms with van der Waals surface area (Å²) >= 11 is 4.94. The molecular formula is C18H17BrF2O3S. The maximum Gasteiger partial charge on any atom is 0.387 e. The number of hydrogen-bond donors (Lipinski definition) is 0. The van der Waals surface area contributed by atoms with Crippen LogP contribution in [0.2, 0.25) is 0 Å². The summed E-state index contributed by atoms with van der Waals surface area (Å²) in [6.45, 7) is -0.839. The van der Waals surface area contributed by atoms with Gasteiger partial charge in [0.2, 0.25) is 0 Å². The van der Waals surface area contributed by atoms with E-state index in [1.807, 2.05) is 6.07 Å². The number of rotatable bonds is 8. The summed E-state index contributed by atoms with van der Waals surface area (Å²) in [7, 11) is 1.37. The molecule has 0 aliphatic rings. The van der Waals surface area contributed by atoms with Crippen LogP contribution in [0.15, 0.2) is 34.8 Å². The van der Waals surface area contributed by atoms with Crippen molar-refractivity contribution in [1.82, 2.24) is 0 Å². The normalized spacial score (nSPS) is 11.3. The molecule has 2 rings (SSSR count). The molecule has 0 aliphatic heterocycles. The molecule has 25 heavy (non-hydrogen) atoms. The lowest BCUT2D eigenvalue weighted by Gasteiger charge is -2.10. The maximum atomic E-state index is 12.3. The number of allylic oxidation sites excluding steroid dienone is 1. The molecule has 0 spiro atoms.